The molecule has 4 nitrogen and oxygen atoms in total. The van der Waals surface area contributed by atoms with Crippen LogP contribution in [0.4, 0.5) is 0 Å². The molecular formula is C15H20N2O2. The van der Waals surface area contributed by atoms with Gasteiger partial charge in [0.2, 0.25) is 5.91 Å². The molecule has 1 aromatic heterocycles. The van der Waals surface area contributed by atoms with Gasteiger partial charge in [0.1, 0.15) is 6.54 Å². The fourth-order valence-electron chi connectivity index (χ4n) is 3.06. The van der Waals surface area contributed by atoms with Gasteiger partial charge in [-0.1, -0.05) is 18.9 Å². The van der Waals surface area contributed by atoms with Crippen LogP contribution in [0.5, 0.6) is 0 Å². The smallest absolute Gasteiger partial charge is 0.250 e. The van der Waals surface area contributed by atoms with Gasteiger partial charge in [-0.3, -0.25) is 9.59 Å². The lowest BCUT2D eigenvalue weighted by Gasteiger charge is -2.29. The summed E-state index contributed by atoms with van der Waals surface area (Å²) in [5, 5.41) is 0. The number of pyridine rings is 1. The Balaban J connectivity index is 1.74. The molecule has 0 N–H and O–H groups in total. The van der Waals surface area contributed by atoms with Crippen LogP contribution in [-0.2, 0) is 11.3 Å². The molecular weight excluding hydrogens is 240 g/mol. The maximum absolute atomic E-state index is 12.5. The van der Waals surface area contributed by atoms with Crippen LogP contribution in [0.3, 0.4) is 0 Å². The fourth-order valence-corrected chi connectivity index (χ4v) is 3.06. The highest BCUT2D eigenvalue weighted by Crippen LogP contribution is 2.34. The Morgan fingerprint density at radius 3 is 2.47 bits per heavy atom. The first-order valence-electron chi connectivity index (χ1n) is 7.22. The molecule has 3 rings (SSSR count). The lowest BCUT2D eigenvalue weighted by Crippen LogP contribution is -2.43. The number of hydrogen-bond acceptors (Lipinski definition) is 2. The number of hydrogen-bond donors (Lipinski definition) is 0. The second-order valence-corrected chi connectivity index (χ2v) is 5.64. The molecule has 0 bridgehead atoms. The van der Waals surface area contributed by atoms with Crippen molar-refractivity contribution in [3.05, 3.63) is 34.7 Å². The summed E-state index contributed by atoms with van der Waals surface area (Å²) in [6.07, 6.45) is 8.68. The Morgan fingerprint density at radius 2 is 1.84 bits per heavy atom. The second kappa shape index (κ2) is 5.19. The minimum atomic E-state index is -0.0991. The number of carbonyl (C=O) groups excluding carboxylic acids is 1. The molecule has 2 aliphatic rings. The van der Waals surface area contributed by atoms with Crippen LogP contribution < -0.4 is 5.56 Å². The Morgan fingerprint density at radius 1 is 1.16 bits per heavy atom. The minimum Gasteiger partial charge on any atom is -0.335 e. The molecule has 2 fully saturated rings. The van der Waals surface area contributed by atoms with Crippen LogP contribution in [0.15, 0.2) is 29.2 Å². The standard InChI is InChI=1S/C15H20N2O2/c18-14-7-3-4-10-16(14)11-15(19)17(13-8-9-13)12-5-1-2-6-12/h3-4,7,10,12-13H,1-2,5-6,8-9,11H2. The predicted octanol–water partition coefficient (Wildman–Crippen LogP) is 1.78. The SMILES string of the molecule is O=C(Cn1ccccc1=O)N(C1CCCC1)C1CC1. The van der Waals surface area contributed by atoms with Gasteiger partial charge in [0.25, 0.3) is 5.56 Å². The van der Waals surface area contributed by atoms with Crippen molar-refractivity contribution in [3.8, 4) is 0 Å². The van der Waals surface area contributed by atoms with E-state index in [0.29, 0.717) is 12.1 Å². The molecule has 0 unspecified atom stereocenters. The van der Waals surface area contributed by atoms with Gasteiger partial charge in [-0.05, 0) is 31.7 Å². The van der Waals surface area contributed by atoms with E-state index >= 15 is 0 Å². The minimum absolute atomic E-state index is 0.0991. The molecule has 102 valence electrons. The van der Waals surface area contributed by atoms with E-state index in [2.05, 4.69) is 4.90 Å². The van der Waals surface area contributed by atoms with Gasteiger partial charge in [-0.2, -0.15) is 0 Å². The van der Waals surface area contributed by atoms with Gasteiger partial charge in [0.15, 0.2) is 0 Å². The molecule has 2 aliphatic carbocycles. The highest BCUT2D eigenvalue weighted by atomic mass is 16.2. The third-order valence-corrected chi connectivity index (χ3v) is 4.15. The lowest BCUT2D eigenvalue weighted by atomic mass is 10.2. The summed E-state index contributed by atoms with van der Waals surface area (Å²) in [5.41, 5.74) is -0.0991. The molecule has 0 aromatic carbocycles. The maximum atomic E-state index is 12.5. The topological polar surface area (TPSA) is 42.3 Å². The van der Waals surface area contributed by atoms with Crippen molar-refractivity contribution in [1.82, 2.24) is 9.47 Å². The highest BCUT2D eigenvalue weighted by molar-refractivity contribution is 5.77. The van der Waals surface area contributed by atoms with Crippen LogP contribution >= 0.6 is 0 Å². The summed E-state index contributed by atoms with van der Waals surface area (Å²) in [6.45, 7) is 0.187. The summed E-state index contributed by atoms with van der Waals surface area (Å²) < 4.78 is 1.51. The van der Waals surface area contributed by atoms with Gasteiger partial charge in [-0.25, -0.2) is 0 Å². The Hall–Kier alpha value is -1.58. The zero-order valence-corrected chi connectivity index (χ0v) is 11.1. The van der Waals surface area contributed by atoms with Gasteiger partial charge in [0, 0.05) is 24.3 Å². The molecule has 0 atom stereocenters. The average Bonchev–Trinajstić information content (AvgIpc) is 3.07. The highest BCUT2D eigenvalue weighted by Gasteiger charge is 2.38. The van der Waals surface area contributed by atoms with Gasteiger partial charge in [0.05, 0.1) is 0 Å². The zero-order valence-electron chi connectivity index (χ0n) is 11.1. The van der Waals surface area contributed by atoms with Crippen LogP contribution in [0.1, 0.15) is 38.5 Å². The van der Waals surface area contributed by atoms with Crippen LogP contribution in [-0.4, -0.2) is 27.5 Å². The molecule has 2 saturated carbocycles. The van der Waals surface area contributed by atoms with Crippen LogP contribution in [0, 0.1) is 0 Å². The van der Waals surface area contributed by atoms with Crippen molar-refractivity contribution in [2.45, 2.75) is 57.2 Å². The quantitative estimate of drug-likeness (QED) is 0.828. The van der Waals surface area contributed by atoms with Crippen LogP contribution in [0.25, 0.3) is 0 Å². The first-order valence-corrected chi connectivity index (χ1v) is 7.22. The van der Waals surface area contributed by atoms with E-state index in [4.69, 9.17) is 0 Å². The van der Waals surface area contributed by atoms with Crippen molar-refractivity contribution in [2.75, 3.05) is 0 Å². The van der Waals surface area contributed by atoms with Crippen molar-refractivity contribution >= 4 is 5.91 Å². The monoisotopic (exact) mass is 260 g/mol. The number of rotatable bonds is 4. The molecule has 0 radical (unpaired) electrons. The normalized spacial score (nSPS) is 19.6. The lowest BCUT2D eigenvalue weighted by molar-refractivity contribution is -0.134. The molecule has 0 aliphatic heterocycles. The summed E-state index contributed by atoms with van der Waals surface area (Å²) in [4.78, 5) is 26.3. The van der Waals surface area contributed by atoms with Crippen LogP contribution in [0.2, 0.25) is 0 Å². The molecule has 19 heavy (non-hydrogen) atoms. The number of carbonyl (C=O) groups is 1. The third kappa shape index (κ3) is 2.72. The summed E-state index contributed by atoms with van der Waals surface area (Å²) in [7, 11) is 0. The summed E-state index contributed by atoms with van der Waals surface area (Å²) in [5.74, 6) is 0.114. The Kier molecular flexibility index (Phi) is 3.40. The number of amides is 1. The molecule has 1 heterocycles. The largest absolute Gasteiger partial charge is 0.335 e. The Labute approximate surface area is 113 Å². The Bertz CT molecular complexity index is 513. The van der Waals surface area contributed by atoms with E-state index < -0.39 is 0 Å². The van der Waals surface area contributed by atoms with Crippen molar-refractivity contribution < 1.29 is 4.79 Å². The molecule has 0 saturated heterocycles. The first-order chi connectivity index (χ1) is 9.25. The summed E-state index contributed by atoms with van der Waals surface area (Å²) >= 11 is 0. The van der Waals surface area contributed by atoms with E-state index in [1.165, 1.54) is 23.5 Å². The van der Waals surface area contributed by atoms with E-state index in [0.717, 1.165) is 25.7 Å². The molecule has 0 spiro atoms. The van der Waals surface area contributed by atoms with E-state index in [-0.39, 0.29) is 18.0 Å². The first kappa shape index (κ1) is 12.5. The summed E-state index contributed by atoms with van der Waals surface area (Å²) in [6, 6.07) is 5.86. The average molecular weight is 260 g/mol. The molecule has 1 aromatic rings. The predicted molar refractivity (Wildman–Crippen MR) is 72.8 cm³/mol. The van der Waals surface area contributed by atoms with Gasteiger partial charge >= 0.3 is 0 Å². The van der Waals surface area contributed by atoms with Gasteiger partial charge < -0.3 is 9.47 Å². The van der Waals surface area contributed by atoms with Crippen molar-refractivity contribution in [1.29, 1.82) is 0 Å². The fraction of sp³-hybridized carbons (Fsp3) is 0.600. The van der Waals surface area contributed by atoms with E-state index in [1.807, 2.05) is 0 Å². The number of aromatic nitrogens is 1. The molecule has 1 amide bonds. The van der Waals surface area contributed by atoms with Crippen molar-refractivity contribution in [3.63, 3.8) is 0 Å². The molecule has 4 heteroatoms. The maximum Gasteiger partial charge on any atom is 0.250 e. The third-order valence-electron chi connectivity index (χ3n) is 4.15. The zero-order chi connectivity index (χ0) is 13.2. The number of nitrogens with zero attached hydrogens (tertiary/aromatic N) is 2. The van der Waals surface area contributed by atoms with E-state index in [9.17, 15) is 9.59 Å². The second-order valence-electron chi connectivity index (χ2n) is 5.64. The van der Waals surface area contributed by atoms with Crippen molar-refractivity contribution in [2.24, 2.45) is 0 Å². The van der Waals surface area contributed by atoms with Gasteiger partial charge in [-0.15, -0.1) is 0 Å². The van der Waals surface area contributed by atoms with E-state index in [1.54, 1.807) is 18.3 Å².